The quantitative estimate of drug-likeness (QED) is 0.0831. The minimum atomic E-state index is -1.27. The van der Waals surface area contributed by atoms with Crippen LogP contribution in [0, 0.1) is 0 Å². The van der Waals surface area contributed by atoms with Crippen LogP contribution in [0.4, 0.5) is 10.6 Å². The van der Waals surface area contributed by atoms with E-state index in [1.54, 1.807) is 26.8 Å². The summed E-state index contributed by atoms with van der Waals surface area (Å²) in [7, 11) is 1.24. The number of carbonyl (C=O) groups is 5. The zero-order chi connectivity index (χ0) is 32.0. The summed E-state index contributed by atoms with van der Waals surface area (Å²) in [4.78, 5) is 71.2. The van der Waals surface area contributed by atoms with E-state index in [-0.39, 0.29) is 35.2 Å². The number of oxime groups is 1. The maximum Gasteiger partial charge on any atom is 0.408 e. The van der Waals surface area contributed by atoms with Gasteiger partial charge in [-0.1, -0.05) is 34.3 Å². The van der Waals surface area contributed by atoms with E-state index >= 15 is 0 Å². The molecule has 4 rings (SSSR count). The number of carboxylic acids is 1. The van der Waals surface area contributed by atoms with Crippen molar-refractivity contribution in [3.63, 3.8) is 0 Å². The van der Waals surface area contributed by atoms with Crippen LogP contribution in [0.5, 0.6) is 0 Å². The number of anilines is 1. The van der Waals surface area contributed by atoms with Gasteiger partial charge in [-0.2, -0.15) is 0 Å². The number of nitrogens with zero attached hydrogens (tertiary/aromatic N) is 5. The summed E-state index contributed by atoms with van der Waals surface area (Å²) < 4.78 is 5.76. The zero-order valence-corrected chi connectivity index (χ0v) is 26.3. The van der Waals surface area contributed by atoms with Crippen molar-refractivity contribution in [2.45, 2.75) is 48.7 Å². The highest BCUT2D eigenvalue weighted by Crippen LogP contribution is 2.41. The Morgan fingerprint density at radius 3 is 2.73 bits per heavy atom. The van der Waals surface area contributed by atoms with Gasteiger partial charge in [0.25, 0.3) is 11.8 Å². The normalized spacial score (nSPS) is 18.1. The maximum atomic E-state index is 13.1. The van der Waals surface area contributed by atoms with Crippen molar-refractivity contribution >= 4 is 76.7 Å². The Morgan fingerprint density at radius 1 is 1.27 bits per heavy atom. The van der Waals surface area contributed by atoms with Gasteiger partial charge in [0.15, 0.2) is 10.1 Å². The Bertz CT molecular complexity index is 1520. The Balaban J connectivity index is 1.40. The molecule has 0 bridgehead atoms. The van der Waals surface area contributed by atoms with Gasteiger partial charge in [0, 0.05) is 11.5 Å². The number of fused-ring (bicyclic) bond motifs is 1. The smallest absolute Gasteiger partial charge is 0.408 e. The van der Waals surface area contributed by atoms with Crippen molar-refractivity contribution in [3.05, 3.63) is 40.2 Å². The predicted octanol–water partition coefficient (Wildman–Crippen LogP) is 1.41. The van der Waals surface area contributed by atoms with E-state index in [0.717, 1.165) is 4.90 Å². The Kier molecular flexibility index (Phi) is 10.4. The minimum Gasteiger partial charge on any atom is -0.477 e. The highest BCUT2D eigenvalue weighted by molar-refractivity contribution is 8.01. The number of alkyl carbamates (subject to hydrolysis) is 1. The summed E-state index contributed by atoms with van der Waals surface area (Å²) in [5.74, 6) is -1.93. The van der Waals surface area contributed by atoms with Gasteiger partial charge in [0.05, 0.1) is 6.54 Å². The molecule has 2 aromatic rings. The summed E-state index contributed by atoms with van der Waals surface area (Å²) in [6, 6.07) is 3.52. The van der Waals surface area contributed by atoms with Crippen LogP contribution in [0.2, 0.25) is 0 Å². The second kappa shape index (κ2) is 14.0. The average Bonchev–Trinajstić information content (AvgIpc) is 3.43. The van der Waals surface area contributed by atoms with E-state index in [9.17, 15) is 29.1 Å². The van der Waals surface area contributed by atoms with Crippen LogP contribution in [-0.2, 0) is 35.3 Å². The van der Waals surface area contributed by atoms with Crippen molar-refractivity contribution in [2.75, 3.05) is 23.9 Å². The van der Waals surface area contributed by atoms with Crippen molar-refractivity contribution in [3.8, 4) is 0 Å². The molecular weight excluding hydrogens is 637 g/mol. The van der Waals surface area contributed by atoms with Gasteiger partial charge < -0.3 is 30.6 Å². The molecule has 0 aromatic carbocycles. The Labute approximate surface area is 263 Å². The van der Waals surface area contributed by atoms with E-state index in [1.807, 2.05) is 0 Å². The van der Waals surface area contributed by atoms with E-state index in [0.29, 0.717) is 27.1 Å². The van der Waals surface area contributed by atoms with Crippen LogP contribution in [0.15, 0.2) is 39.0 Å². The number of ether oxygens (including phenoxy) is 1. The van der Waals surface area contributed by atoms with Crippen molar-refractivity contribution in [1.82, 2.24) is 30.7 Å². The third-order valence-corrected chi connectivity index (χ3v) is 9.22. The zero-order valence-electron chi connectivity index (χ0n) is 23.9. The molecule has 1 unspecified atom stereocenters. The van der Waals surface area contributed by atoms with Crippen molar-refractivity contribution < 1.29 is 38.7 Å². The number of amides is 4. The molecule has 0 radical (unpaired) electrons. The summed E-state index contributed by atoms with van der Waals surface area (Å²) in [6.45, 7) is 5.39. The fraction of sp³-hybridized carbons (Fsp3) is 0.400. The molecule has 19 heteroatoms. The second-order valence-corrected chi connectivity index (χ2v) is 13.4. The molecule has 44 heavy (non-hydrogen) atoms. The number of rotatable bonds is 12. The summed E-state index contributed by atoms with van der Waals surface area (Å²) >= 11 is 3.81. The van der Waals surface area contributed by atoms with Gasteiger partial charge in [0.2, 0.25) is 6.41 Å². The molecule has 4 amide bonds. The Hall–Kier alpha value is -4.23. The predicted molar refractivity (Wildman–Crippen MR) is 161 cm³/mol. The highest BCUT2D eigenvalue weighted by atomic mass is 32.2. The lowest BCUT2D eigenvalue weighted by atomic mass is 10.0. The molecular formula is C25H28N8O8S3. The van der Waals surface area contributed by atoms with E-state index in [4.69, 9.17) is 9.57 Å². The van der Waals surface area contributed by atoms with Crippen LogP contribution in [0.25, 0.3) is 0 Å². The molecule has 16 nitrogen and oxygen atoms in total. The second-order valence-electron chi connectivity index (χ2n) is 10.0. The monoisotopic (exact) mass is 664 g/mol. The molecule has 2 aliphatic rings. The lowest BCUT2D eigenvalue weighted by molar-refractivity contribution is -0.150. The standard InChI is InChI=1S/C25H28N8O8S3/c1-25(2,3)41-23(39)26-8-15-30-31-24(44-15)43-10-12-9-42-21-17(20(36)33(21)18(12)22(37)38)29-19(35)16(32-40-4)13-6-5-7-14(28-13)27-11-34/h5-7,11,17,21H,8-10H2,1-4H3,(H,26,39)(H,29,35)(H,37,38)(H,27,28,34)/b32-16-/t17?,21-/m1/s1. The fourth-order valence-corrected chi connectivity index (χ4v) is 7.31. The van der Waals surface area contributed by atoms with Crippen LogP contribution in [-0.4, -0.2) is 96.8 Å². The molecule has 2 aromatic heterocycles. The highest BCUT2D eigenvalue weighted by Gasteiger charge is 2.54. The summed E-state index contributed by atoms with van der Waals surface area (Å²) in [6.07, 6.45) is -0.153. The third kappa shape index (κ3) is 7.83. The maximum absolute atomic E-state index is 13.1. The van der Waals surface area contributed by atoms with Gasteiger partial charge >= 0.3 is 12.1 Å². The number of nitrogens with one attached hydrogen (secondary N) is 3. The molecule has 0 spiro atoms. The molecule has 1 saturated heterocycles. The summed E-state index contributed by atoms with van der Waals surface area (Å²) in [5, 5.41) is 29.3. The molecule has 0 aliphatic carbocycles. The number of hydrogen-bond donors (Lipinski definition) is 4. The minimum absolute atomic E-state index is 0.0852. The van der Waals surface area contributed by atoms with Gasteiger partial charge in [-0.05, 0) is 38.5 Å². The van der Waals surface area contributed by atoms with Gasteiger partial charge in [-0.3, -0.25) is 19.3 Å². The number of aliphatic carboxylic acids is 1. The van der Waals surface area contributed by atoms with Crippen LogP contribution in [0.3, 0.4) is 0 Å². The number of thioether (sulfide) groups is 2. The van der Waals surface area contributed by atoms with Gasteiger partial charge in [-0.25, -0.2) is 14.6 Å². The van der Waals surface area contributed by atoms with Gasteiger partial charge in [0.1, 0.15) is 46.3 Å². The lowest BCUT2D eigenvalue weighted by Crippen LogP contribution is -2.71. The van der Waals surface area contributed by atoms with E-state index in [2.05, 4.69) is 36.3 Å². The molecule has 234 valence electrons. The number of aromatic nitrogens is 3. The molecule has 2 atom stereocenters. The van der Waals surface area contributed by atoms with E-state index < -0.39 is 40.9 Å². The summed E-state index contributed by atoms with van der Waals surface area (Å²) in [5.41, 5.74) is -0.423. The molecule has 0 saturated carbocycles. The molecule has 2 aliphatic heterocycles. The molecule has 4 heterocycles. The fourth-order valence-electron chi connectivity index (χ4n) is 3.99. The molecule has 1 fully saturated rings. The van der Waals surface area contributed by atoms with Crippen LogP contribution < -0.4 is 16.0 Å². The van der Waals surface area contributed by atoms with E-state index in [1.165, 1.54) is 54.1 Å². The largest absolute Gasteiger partial charge is 0.477 e. The number of carboxylic acid groups (broad SMARTS) is 1. The number of pyridine rings is 1. The van der Waals surface area contributed by atoms with Crippen LogP contribution in [0.1, 0.15) is 31.5 Å². The van der Waals surface area contributed by atoms with Crippen molar-refractivity contribution in [1.29, 1.82) is 0 Å². The number of β-lactam (4-membered cyclic amide) rings is 1. The van der Waals surface area contributed by atoms with Gasteiger partial charge in [-0.15, -0.1) is 22.0 Å². The topological polar surface area (TPSA) is 214 Å². The Morgan fingerprint density at radius 2 is 2.05 bits per heavy atom. The number of hydrogen-bond acceptors (Lipinski definition) is 14. The first kappa shape index (κ1) is 32.7. The first-order chi connectivity index (χ1) is 20.9. The first-order valence-corrected chi connectivity index (χ1v) is 15.7. The lowest BCUT2D eigenvalue weighted by Gasteiger charge is -2.49. The SMILES string of the molecule is CO/N=C(\C(=O)NC1C(=O)N2C(C(=O)O)=C(CSc3nnc(CNC(=O)OC(C)(C)C)s3)CS[C@H]12)c1cccc(NC=O)n1. The molecule has 4 N–H and O–H groups in total. The van der Waals surface area contributed by atoms with Crippen LogP contribution >= 0.6 is 34.9 Å². The third-order valence-electron chi connectivity index (χ3n) is 5.73. The van der Waals surface area contributed by atoms with Crippen molar-refractivity contribution in [2.24, 2.45) is 5.16 Å². The average molecular weight is 665 g/mol. The number of carbonyl (C=O) groups excluding carboxylic acids is 4. The first-order valence-electron chi connectivity index (χ1n) is 12.8.